The molecule has 5 heteroatoms. The van der Waals surface area contributed by atoms with E-state index in [0.717, 1.165) is 27.9 Å². The molecule has 0 atom stereocenters. The van der Waals surface area contributed by atoms with E-state index in [0.29, 0.717) is 11.1 Å². The van der Waals surface area contributed by atoms with E-state index < -0.39 is 0 Å². The highest BCUT2D eigenvalue weighted by Gasteiger charge is 2.14. The van der Waals surface area contributed by atoms with Crippen LogP contribution in [0.3, 0.4) is 0 Å². The van der Waals surface area contributed by atoms with Crippen LogP contribution < -0.4 is 5.32 Å². The predicted molar refractivity (Wildman–Crippen MR) is 91.5 cm³/mol. The van der Waals surface area contributed by atoms with Crippen molar-refractivity contribution in [3.63, 3.8) is 0 Å². The highest BCUT2D eigenvalue weighted by Crippen LogP contribution is 2.37. The third kappa shape index (κ3) is 2.61. The number of hydrogen-bond acceptors (Lipinski definition) is 4. The van der Waals surface area contributed by atoms with Gasteiger partial charge in [0.05, 0.1) is 5.39 Å². The standard InChI is InChI=1S/C16H16ClN3S/c1-4-18-16-19-14(17)13-12(8-21-15(13)20-16)11-6-5-9(2)10(3)7-11/h5-8H,4H2,1-3H3,(H,18,19,20). The van der Waals surface area contributed by atoms with E-state index in [1.807, 2.05) is 6.92 Å². The van der Waals surface area contributed by atoms with Gasteiger partial charge < -0.3 is 5.32 Å². The van der Waals surface area contributed by atoms with Crippen LogP contribution >= 0.6 is 22.9 Å². The molecule has 21 heavy (non-hydrogen) atoms. The molecule has 2 aromatic heterocycles. The summed E-state index contributed by atoms with van der Waals surface area (Å²) in [5.74, 6) is 0.587. The summed E-state index contributed by atoms with van der Waals surface area (Å²) in [6, 6.07) is 6.44. The Morgan fingerprint density at radius 3 is 2.71 bits per heavy atom. The number of nitrogens with zero attached hydrogens (tertiary/aromatic N) is 2. The lowest BCUT2D eigenvalue weighted by atomic mass is 10.0. The lowest BCUT2D eigenvalue weighted by Gasteiger charge is -2.06. The monoisotopic (exact) mass is 317 g/mol. The minimum atomic E-state index is 0.505. The molecule has 0 fully saturated rings. The summed E-state index contributed by atoms with van der Waals surface area (Å²) in [6.45, 7) is 7.02. The topological polar surface area (TPSA) is 37.8 Å². The third-order valence-electron chi connectivity index (χ3n) is 3.54. The molecule has 0 amide bonds. The second kappa shape index (κ2) is 5.62. The fourth-order valence-corrected chi connectivity index (χ4v) is 3.53. The van der Waals surface area contributed by atoms with E-state index in [9.17, 15) is 0 Å². The Labute approximate surface area is 133 Å². The van der Waals surface area contributed by atoms with E-state index in [1.165, 1.54) is 11.1 Å². The van der Waals surface area contributed by atoms with Gasteiger partial charge >= 0.3 is 0 Å². The van der Waals surface area contributed by atoms with Gasteiger partial charge in [-0.3, -0.25) is 0 Å². The van der Waals surface area contributed by atoms with Crippen molar-refractivity contribution in [3.8, 4) is 11.1 Å². The molecule has 108 valence electrons. The van der Waals surface area contributed by atoms with Gasteiger partial charge in [-0.25, -0.2) is 9.97 Å². The largest absolute Gasteiger partial charge is 0.354 e. The van der Waals surface area contributed by atoms with Gasteiger partial charge in [0.2, 0.25) is 5.95 Å². The molecule has 3 rings (SSSR count). The van der Waals surface area contributed by atoms with Crippen molar-refractivity contribution in [3.05, 3.63) is 39.9 Å². The number of rotatable bonds is 3. The maximum Gasteiger partial charge on any atom is 0.225 e. The smallest absolute Gasteiger partial charge is 0.225 e. The van der Waals surface area contributed by atoms with Gasteiger partial charge in [-0.1, -0.05) is 29.8 Å². The summed E-state index contributed by atoms with van der Waals surface area (Å²) in [5, 5.41) is 6.65. The number of anilines is 1. The van der Waals surface area contributed by atoms with Crippen molar-refractivity contribution >= 4 is 39.1 Å². The number of thiophene rings is 1. The molecule has 0 aliphatic carbocycles. The fraction of sp³-hybridized carbons (Fsp3) is 0.250. The maximum atomic E-state index is 6.38. The van der Waals surface area contributed by atoms with Crippen LogP contribution in [0, 0.1) is 13.8 Å². The molecule has 1 aromatic carbocycles. The molecule has 1 N–H and O–H groups in total. The Morgan fingerprint density at radius 2 is 2.00 bits per heavy atom. The first kappa shape index (κ1) is 14.3. The molecule has 0 aliphatic rings. The zero-order valence-electron chi connectivity index (χ0n) is 12.2. The summed E-state index contributed by atoms with van der Waals surface area (Å²) in [6.07, 6.45) is 0. The highest BCUT2D eigenvalue weighted by molar-refractivity contribution is 7.17. The third-order valence-corrected chi connectivity index (χ3v) is 4.69. The van der Waals surface area contributed by atoms with E-state index in [4.69, 9.17) is 11.6 Å². The van der Waals surface area contributed by atoms with Gasteiger partial charge in [0.15, 0.2) is 0 Å². The molecule has 0 aliphatic heterocycles. The molecule has 0 saturated heterocycles. The molecule has 2 heterocycles. The zero-order chi connectivity index (χ0) is 15.0. The summed E-state index contributed by atoms with van der Waals surface area (Å²) in [4.78, 5) is 9.78. The molecule has 0 bridgehead atoms. The molecular formula is C16H16ClN3S. The number of halogens is 1. The number of benzene rings is 1. The summed E-state index contributed by atoms with van der Waals surface area (Å²) < 4.78 is 0. The van der Waals surface area contributed by atoms with Crippen LogP contribution in [0.2, 0.25) is 5.15 Å². The molecule has 0 radical (unpaired) electrons. The molecule has 3 nitrogen and oxygen atoms in total. The van der Waals surface area contributed by atoms with Crippen molar-refractivity contribution in [2.45, 2.75) is 20.8 Å². The second-order valence-corrected chi connectivity index (χ2v) is 6.21. The predicted octanol–water partition coefficient (Wildman–Crippen LogP) is 5.06. The first-order valence-electron chi connectivity index (χ1n) is 6.86. The van der Waals surface area contributed by atoms with Gasteiger partial charge in [0.25, 0.3) is 0 Å². The maximum absolute atomic E-state index is 6.38. The zero-order valence-corrected chi connectivity index (χ0v) is 13.8. The number of nitrogens with one attached hydrogen (secondary N) is 1. The molecule has 0 spiro atoms. The normalized spacial score (nSPS) is 11.0. The molecular weight excluding hydrogens is 302 g/mol. The van der Waals surface area contributed by atoms with Crippen LogP contribution in [0.15, 0.2) is 23.6 Å². The number of aryl methyl sites for hydroxylation is 2. The fourth-order valence-electron chi connectivity index (χ4n) is 2.26. The van der Waals surface area contributed by atoms with Crippen LogP contribution in [0.25, 0.3) is 21.3 Å². The number of fused-ring (bicyclic) bond motifs is 1. The quantitative estimate of drug-likeness (QED) is 0.686. The number of hydrogen-bond donors (Lipinski definition) is 1. The van der Waals surface area contributed by atoms with E-state index in [1.54, 1.807) is 11.3 Å². The van der Waals surface area contributed by atoms with Crippen molar-refractivity contribution in [2.24, 2.45) is 0 Å². The molecule has 0 unspecified atom stereocenters. The Hall–Kier alpha value is -1.65. The summed E-state index contributed by atoms with van der Waals surface area (Å²) >= 11 is 7.98. The van der Waals surface area contributed by atoms with Gasteiger partial charge in [-0.2, -0.15) is 0 Å². The lowest BCUT2D eigenvalue weighted by Crippen LogP contribution is -2.01. The van der Waals surface area contributed by atoms with Gasteiger partial charge in [0, 0.05) is 17.5 Å². The van der Waals surface area contributed by atoms with Crippen LogP contribution in [-0.2, 0) is 0 Å². The Morgan fingerprint density at radius 1 is 1.19 bits per heavy atom. The van der Waals surface area contributed by atoms with Crippen LogP contribution in [-0.4, -0.2) is 16.5 Å². The molecule has 3 aromatic rings. The average Bonchev–Trinajstić information content (AvgIpc) is 2.87. The first-order valence-corrected chi connectivity index (χ1v) is 8.12. The van der Waals surface area contributed by atoms with Crippen LogP contribution in [0.5, 0.6) is 0 Å². The van der Waals surface area contributed by atoms with E-state index in [2.05, 4.69) is 52.7 Å². The number of aromatic nitrogens is 2. The lowest BCUT2D eigenvalue weighted by molar-refractivity contribution is 1.11. The SMILES string of the molecule is CCNc1nc(Cl)c2c(-c3ccc(C)c(C)c3)csc2n1. The summed E-state index contributed by atoms with van der Waals surface area (Å²) in [5.41, 5.74) is 4.82. The average molecular weight is 318 g/mol. The van der Waals surface area contributed by atoms with Crippen molar-refractivity contribution in [1.29, 1.82) is 0 Å². The molecule has 0 saturated carbocycles. The Kier molecular flexibility index (Phi) is 3.83. The van der Waals surface area contributed by atoms with Crippen molar-refractivity contribution in [1.82, 2.24) is 9.97 Å². The highest BCUT2D eigenvalue weighted by atomic mass is 35.5. The van der Waals surface area contributed by atoms with Crippen LogP contribution in [0.1, 0.15) is 18.1 Å². The minimum absolute atomic E-state index is 0.505. The Balaban J connectivity index is 2.17. The van der Waals surface area contributed by atoms with Gasteiger partial charge in [-0.15, -0.1) is 11.3 Å². The second-order valence-electron chi connectivity index (χ2n) is 5.00. The van der Waals surface area contributed by atoms with Gasteiger partial charge in [0.1, 0.15) is 9.98 Å². The van der Waals surface area contributed by atoms with E-state index in [-0.39, 0.29) is 0 Å². The summed E-state index contributed by atoms with van der Waals surface area (Å²) in [7, 11) is 0. The van der Waals surface area contributed by atoms with Crippen LogP contribution in [0.4, 0.5) is 5.95 Å². The minimum Gasteiger partial charge on any atom is -0.354 e. The van der Waals surface area contributed by atoms with Gasteiger partial charge in [-0.05, 0) is 37.5 Å². The first-order chi connectivity index (χ1) is 10.1. The van der Waals surface area contributed by atoms with E-state index >= 15 is 0 Å². The van der Waals surface area contributed by atoms with Crippen molar-refractivity contribution in [2.75, 3.05) is 11.9 Å². The van der Waals surface area contributed by atoms with Crippen molar-refractivity contribution < 1.29 is 0 Å². The Bertz CT molecular complexity index is 811.